The Bertz CT molecular complexity index is 707. The lowest BCUT2D eigenvalue weighted by molar-refractivity contribution is 0.698. The average Bonchev–Trinajstić information content (AvgIpc) is 2.97. The van der Waals surface area contributed by atoms with Crippen molar-refractivity contribution in [3.05, 3.63) is 42.5 Å². The fourth-order valence-corrected chi connectivity index (χ4v) is 2.80. The molecule has 1 atom stereocenters. The third-order valence-electron chi connectivity index (χ3n) is 3.15. The average molecular weight is 285 g/mol. The summed E-state index contributed by atoms with van der Waals surface area (Å²) in [6, 6.07) is 8.39. The van der Waals surface area contributed by atoms with Crippen molar-refractivity contribution in [2.24, 2.45) is 5.73 Å². The fourth-order valence-electron chi connectivity index (χ4n) is 1.95. The van der Waals surface area contributed by atoms with Gasteiger partial charge in [-0.25, -0.2) is 15.0 Å². The smallest absolute Gasteiger partial charge is 0.181 e. The Morgan fingerprint density at radius 2 is 2.00 bits per heavy atom. The molecule has 20 heavy (non-hydrogen) atoms. The Kier molecular flexibility index (Phi) is 3.66. The van der Waals surface area contributed by atoms with E-state index in [-0.39, 0.29) is 6.04 Å². The van der Waals surface area contributed by atoms with E-state index in [1.165, 1.54) is 6.33 Å². The van der Waals surface area contributed by atoms with Gasteiger partial charge in [0.2, 0.25) is 0 Å². The highest BCUT2D eigenvalue weighted by molar-refractivity contribution is 7.99. The molecule has 0 aliphatic carbocycles. The SMILES string of the molecule is CC[C@@H](N)c1ccc(Sc2ncnc3nc[nH]c23)cc1. The van der Waals surface area contributed by atoms with E-state index in [2.05, 4.69) is 51.1 Å². The largest absolute Gasteiger partial charge is 0.341 e. The van der Waals surface area contributed by atoms with Gasteiger partial charge in [0.05, 0.1) is 6.33 Å². The van der Waals surface area contributed by atoms with Gasteiger partial charge in [-0.05, 0) is 24.1 Å². The van der Waals surface area contributed by atoms with Gasteiger partial charge in [0.15, 0.2) is 5.65 Å². The van der Waals surface area contributed by atoms with Gasteiger partial charge in [0.1, 0.15) is 16.9 Å². The Morgan fingerprint density at radius 1 is 1.20 bits per heavy atom. The van der Waals surface area contributed by atoms with Crippen LogP contribution in [0.5, 0.6) is 0 Å². The number of nitrogens with zero attached hydrogens (tertiary/aromatic N) is 3. The van der Waals surface area contributed by atoms with E-state index < -0.39 is 0 Å². The van der Waals surface area contributed by atoms with Gasteiger partial charge >= 0.3 is 0 Å². The van der Waals surface area contributed by atoms with Gasteiger partial charge in [0, 0.05) is 10.9 Å². The van der Waals surface area contributed by atoms with E-state index in [1.807, 2.05) is 0 Å². The predicted octanol–water partition coefficient (Wildman–Crippen LogP) is 2.91. The lowest BCUT2D eigenvalue weighted by Crippen LogP contribution is -2.07. The van der Waals surface area contributed by atoms with E-state index in [1.54, 1.807) is 18.1 Å². The molecule has 0 spiro atoms. The number of fused-ring (bicyclic) bond motifs is 1. The highest BCUT2D eigenvalue weighted by Crippen LogP contribution is 2.30. The zero-order chi connectivity index (χ0) is 13.9. The maximum absolute atomic E-state index is 6.02. The van der Waals surface area contributed by atoms with Gasteiger partial charge in [-0.2, -0.15) is 0 Å². The normalized spacial score (nSPS) is 12.7. The summed E-state index contributed by atoms with van der Waals surface area (Å²) in [7, 11) is 0. The van der Waals surface area contributed by atoms with Crippen LogP contribution in [0.25, 0.3) is 11.2 Å². The number of aromatic nitrogens is 4. The molecular formula is C14H15N5S. The molecule has 3 rings (SSSR count). The zero-order valence-electron chi connectivity index (χ0n) is 11.1. The molecule has 6 heteroatoms. The number of hydrogen-bond acceptors (Lipinski definition) is 5. The second kappa shape index (κ2) is 5.60. The van der Waals surface area contributed by atoms with Crippen molar-refractivity contribution in [2.75, 3.05) is 0 Å². The van der Waals surface area contributed by atoms with E-state index in [4.69, 9.17) is 5.73 Å². The first-order valence-corrected chi connectivity index (χ1v) is 7.27. The Morgan fingerprint density at radius 3 is 2.75 bits per heavy atom. The summed E-state index contributed by atoms with van der Waals surface area (Å²) in [4.78, 5) is 16.7. The minimum atomic E-state index is 0.104. The van der Waals surface area contributed by atoms with Crippen molar-refractivity contribution in [1.82, 2.24) is 19.9 Å². The molecule has 2 heterocycles. The zero-order valence-corrected chi connectivity index (χ0v) is 11.9. The molecule has 2 aromatic heterocycles. The van der Waals surface area contributed by atoms with Gasteiger partial charge in [-0.3, -0.25) is 0 Å². The van der Waals surface area contributed by atoms with Crippen LogP contribution in [0.1, 0.15) is 24.9 Å². The second-order valence-corrected chi connectivity index (χ2v) is 5.53. The second-order valence-electron chi connectivity index (χ2n) is 4.47. The van der Waals surface area contributed by atoms with Crippen LogP contribution in [-0.2, 0) is 0 Å². The van der Waals surface area contributed by atoms with Gasteiger partial charge < -0.3 is 10.7 Å². The van der Waals surface area contributed by atoms with Crippen LogP contribution in [0.4, 0.5) is 0 Å². The Labute approximate surface area is 121 Å². The summed E-state index contributed by atoms with van der Waals surface area (Å²) in [6.45, 7) is 2.09. The summed E-state index contributed by atoms with van der Waals surface area (Å²) in [6.07, 6.45) is 4.10. The first kappa shape index (κ1) is 13.1. The van der Waals surface area contributed by atoms with Crippen molar-refractivity contribution in [2.45, 2.75) is 29.3 Å². The first-order valence-electron chi connectivity index (χ1n) is 6.45. The minimum absolute atomic E-state index is 0.104. The lowest BCUT2D eigenvalue weighted by Gasteiger charge is -2.09. The van der Waals surface area contributed by atoms with E-state index in [9.17, 15) is 0 Å². The van der Waals surface area contributed by atoms with Crippen LogP contribution >= 0.6 is 11.8 Å². The molecule has 0 radical (unpaired) electrons. The molecule has 0 aliphatic rings. The van der Waals surface area contributed by atoms with Crippen molar-refractivity contribution in [3.63, 3.8) is 0 Å². The van der Waals surface area contributed by atoms with Crippen LogP contribution < -0.4 is 5.73 Å². The quantitative estimate of drug-likeness (QED) is 0.720. The summed E-state index contributed by atoms with van der Waals surface area (Å²) in [5.74, 6) is 0. The van der Waals surface area contributed by atoms with Gasteiger partial charge in [-0.1, -0.05) is 30.8 Å². The van der Waals surface area contributed by atoms with Crippen LogP contribution in [0.3, 0.4) is 0 Å². The minimum Gasteiger partial charge on any atom is -0.341 e. The molecule has 0 aliphatic heterocycles. The van der Waals surface area contributed by atoms with Gasteiger partial charge in [0.25, 0.3) is 0 Å². The Balaban J connectivity index is 1.86. The molecule has 3 N–H and O–H groups in total. The van der Waals surface area contributed by atoms with Crippen molar-refractivity contribution < 1.29 is 0 Å². The third-order valence-corrected chi connectivity index (χ3v) is 4.16. The molecule has 0 saturated heterocycles. The van der Waals surface area contributed by atoms with E-state index in [0.717, 1.165) is 27.4 Å². The number of H-pyrrole nitrogens is 1. The lowest BCUT2D eigenvalue weighted by atomic mass is 10.1. The summed E-state index contributed by atoms with van der Waals surface area (Å²) < 4.78 is 0. The number of aromatic amines is 1. The van der Waals surface area contributed by atoms with E-state index in [0.29, 0.717) is 5.65 Å². The number of rotatable bonds is 4. The topological polar surface area (TPSA) is 80.5 Å². The molecule has 0 bridgehead atoms. The molecule has 0 fully saturated rings. The number of nitrogens with two attached hydrogens (primary N) is 1. The van der Waals surface area contributed by atoms with E-state index >= 15 is 0 Å². The molecular weight excluding hydrogens is 270 g/mol. The monoisotopic (exact) mass is 285 g/mol. The summed E-state index contributed by atoms with van der Waals surface area (Å²) >= 11 is 1.59. The molecule has 102 valence electrons. The molecule has 5 nitrogen and oxygen atoms in total. The van der Waals surface area contributed by atoms with Crippen LogP contribution in [0.15, 0.2) is 46.8 Å². The van der Waals surface area contributed by atoms with Crippen LogP contribution in [0, 0.1) is 0 Å². The van der Waals surface area contributed by atoms with Crippen molar-refractivity contribution in [1.29, 1.82) is 0 Å². The highest BCUT2D eigenvalue weighted by atomic mass is 32.2. The third kappa shape index (κ3) is 2.52. The number of nitrogens with one attached hydrogen (secondary N) is 1. The van der Waals surface area contributed by atoms with Crippen LogP contribution in [0.2, 0.25) is 0 Å². The number of hydrogen-bond donors (Lipinski definition) is 2. The molecule has 0 saturated carbocycles. The van der Waals surface area contributed by atoms with Gasteiger partial charge in [-0.15, -0.1) is 0 Å². The highest BCUT2D eigenvalue weighted by Gasteiger charge is 2.08. The Hall–Kier alpha value is -1.92. The summed E-state index contributed by atoms with van der Waals surface area (Å²) in [5.41, 5.74) is 8.73. The van der Waals surface area contributed by atoms with Crippen molar-refractivity contribution >= 4 is 22.9 Å². The number of benzene rings is 1. The maximum Gasteiger partial charge on any atom is 0.181 e. The summed E-state index contributed by atoms with van der Waals surface area (Å²) in [5, 5.41) is 0.875. The maximum atomic E-state index is 6.02. The predicted molar refractivity (Wildman–Crippen MR) is 79.5 cm³/mol. The number of imidazole rings is 1. The first-order chi connectivity index (χ1) is 9.78. The molecule has 3 aromatic rings. The standard InChI is InChI=1S/C14H15N5S/c1-2-11(15)9-3-5-10(6-4-9)20-14-12-13(17-7-16-12)18-8-19-14/h3-8,11H,2,15H2,1H3,(H,16,17,18,19)/t11-/m1/s1. The van der Waals surface area contributed by atoms with Crippen molar-refractivity contribution in [3.8, 4) is 0 Å². The molecule has 0 unspecified atom stereocenters. The molecule has 1 aromatic carbocycles. The van der Waals surface area contributed by atoms with Crippen LogP contribution in [-0.4, -0.2) is 19.9 Å². The fraction of sp³-hybridized carbons (Fsp3) is 0.214. The molecule has 0 amide bonds.